The van der Waals surface area contributed by atoms with Gasteiger partial charge in [-0.2, -0.15) is 0 Å². The molecule has 0 heterocycles. The van der Waals surface area contributed by atoms with E-state index in [4.69, 9.17) is 4.74 Å². The molecule has 3 unspecified atom stereocenters. The van der Waals surface area contributed by atoms with E-state index in [1.165, 1.54) is 25.7 Å². The summed E-state index contributed by atoms with van der Waals surface area (Å²) >= 11 is 3.51. The number of aliphatic hydroxyl groups excluding tert-OH is 1. The van der Waals surface area contributed by atoms with Gasteiger partial charge in [0.05, 0.1) is 11.1 Å². The molecule has 2 bridgehead atoms. The van der Waals surface area contributed by atoms with Crippen molar-refractivity contribution < 1.29 is 9.84 Å². The highest BCUT2D eigenvalue weighted by Crippen LogP contribution is 2.47. The minimum Gasteiger partial charge on any atom is -0.489 e. The maximum absolute atomic E-state index is 9.35. The lowest BCUT2D eigenvalue weighted by Crippen LogP contribution is -2.24. The van der Waals surface area contributed by atoms with Gasteiger partial charge in [0.25, 0.3) is 0 Å². The van der Waals surface area contributed by atoms with Gasteiger partial charge < -0.3 is 9.84 Å². The van der Waals surface area contributed by atoms with Crippen LogP contribution in [0.5, 0.6) is 5.75 Å². The Bertz CT molecular complexity index is 419. The number of hydrogen-bond donors (Lipinski definition) is 1. The van der Waals surface area contributed by atoms with E-state index in [2.05, 4.69) is 15.9 Å². The van der Waals surface area contributed by atoms with E-state index < -0.39 is 0 Å². The summed E-state index contributed by atoms with van der Waals surface area (Å²) in [6, 6.07) is 5.83. The van der Waals surface area contributed by atoms with Gasteiger partial charge in [-0.3, -0.25) is 0 Å². The van der Waals surface area contributed by atoms with Crippen molar-refractivity contribution in [3.8, 4) is 5.75 Å². The molecule has 1 aromatic carbocycles. The molecule has 2 fully saturated rings. The van der Waals surface area contributed by atoms with Crippen LogP contribution in [0, 0.1) is 11.8 Å². The first-order valence-electron chi connectivity index (χ1n) is 6.33. The first-order valence-corrected chi connectivity index (χ1v) is 7.12. The first-order chi connectivity index (χ1) is 8.28. The van der Waals surface area contributed by atoms with Crippen molar-refractivity contribution in [3.63, 3.8) is 0 Å². The molecular weight excluding hydrogens is 280 g/mol. The lowest BCUT2D eigenvalue weighted by Gasteiger charge is -2.24. The van der Waals surface area contributed by atoms with Gasteiger partial charge in [-0.15, -0.1) is 0 Å². The monoisotopic (exact) mass is 296 g/mol. The van der Waals surface area contributed by atoms with Gasteiger partial charge in [0.1, 0.15) is 11.9 Å². The smallest absolute Gasteiger partial charge is 0.139 e. The molecule has 1 N–H and O–H groups in total. The van der Waals surface area contributed by atoms with Crippen molar-refractivity contribution in [1.82, 2.24) is 0 Å². The highest BCUT2D eigenvalue weighted by Gasteiger charge is 2.41. The van der Waals surface area contributed by atoms with Crippen LogP contribution in [0.1, 0.15) is 31.2 Å². The summed E-state index contributed by atoms with van der Waals surface area (Å²) in [7, 11) is 0. The summed E-state index contributed by atoms with van der Waals surface area (Å²) in [5, 5.41) is 9.35. The number of para-hydroxylation sites is 1. The average Bonchev–Trinajstić information content (AvgIpc) is 2.93. The third kappa shape index (κ3) is 2.11. The summed E-state index contributed by atoms with van der Waals surface area (Å²) in [5.41, 5.74) is 0.877. The average molecular weight is 297 g/mol. The van der Waals surface area contributed by atoms with Crippen molar-refractivity contribution in [1.29, 1.82) is 0 Å². The van der Waals surface area contributed by atoms with Crippen molar-refractivity contribution in [2.75, 3.05) is 0 Å². The number of rotatable bonds is 3. The van der Waals surface area contributed by atoms with Crippen LogP contribution in [0.2, 0.25) is 0 Å². The zero-order chi connectivity index (χ0) is 11.8. The van der Waals surface area contributed by atoms with Crippen LogP contribution in [-0.4, -0.2) is 11.2 Å². The van der Waals surface area contributed by atoms with Crippen LogP contribution >= 0.6 is 15.9 Å². The molecule has 2 saturated carbocycles. The van der Waals surface area contributed by atoms with Crippen LogP contribution in [0.3, 0.4) is 0 Å². The Labute approximate surface area is 110 Å². The molecule has 1 aromatic rings. The molecule has 0 saturated heterocycles. The third-order valence-corrected chi connectivity index (χ3v) is 4.79. The number of hydrogen-bond acceptors (Lipinski definition) is 2. The Morgan fingerprint density at radius 3 is 2.82 bits per heavy atom. The van der Waals surface area contributed by atoms with E-state index in [0.29, 0.717) is 6.10 Å². The third-order valence-electron chi connectivity index (χ3n) is 4.16. The Morgan fingerprint density at radius 1 is 1.29 bits per heavy atom. The molecule has 0 aliphatic heterocycles. The Kier molecular flexibility index (Phi) is 3.14. The van der Waals surface area contributed by atoms with Crippen molar-refractivity contribution in [3.05, 3.63) is 28.2 Å². The summed E-state index contributed by atoms with van der Waals surface area (Å²) in [4.78, 5) is 0. The molecule has 2 aliphatic rings. The fourth-order valence-corrected chi connectivity index (χ4v) is 3.79. The lowest BCUT2D eigenvalue weighted by atomic mass is 9.97. The summed E-state index contributed by atoms with van der Waals surface area (Å²) in [5.74, 6) is 2.45. The number of fused-ring (bicyclic) bond motifs is 2. The minimum absolute atomic E-state index is 0.0373. The SMILES string of the molecule is OCc1cccc(Br)c1OC1CC2CCC1C2. The van der Waals surface area contributed by atoms with Crippen LogP contribution < -0.4 is 4.74 Å². The quantitative estimate of drug-likeness (QED) is 0.925. The van der Waals surface area contributed by atoms with Crippen molar-refractivity contribution in [2.24, 2.45) is 11.8 Å². The largest absolute Gasteiger partial charge is 0.489 e. The molecule has 0 amide bonds. The van der Waals surface area contributed by atoms with E-state index >= 15 is 0 Å². The molecule has 2 nitrogen and oxygen atoms in total. The van der Waals surface area contributed by atoms with Crippen LogP contribution in [0.15, 0.2) is 22.7 Å². The van der Waals surface area contributed by atoms with Gasteiger partial charge in [0.15, 0.2) is 0 Å². The van der Waals surface area contributed by atoms with Gasteiger partial charge in [0, 0.05) is 5.56 Å². The zero-order valence-corrected chi connectivity index (χ0v) is 11.3. The van der Waals surface area contributed by atoms with Crippen molar-refractivity contribution in [2.45, 2.75) is 38.4 Å². The van der Waals surface area contributed by atoms with E-state index in [9.17, 15) is 5.11 Å². The van der Waals surface area contributed by atoms with Gasteiger partial charge in [-0.05, 0) is 59.5 Å². The molecule has 0 aromatic heterocycles. The highest BCUT2D eigenvalue weighted by atomic mass is 79.9. The number of halogens is 1. The van der Waals surface area contributed by atoms with Crippen LogP contribution in [-0.2, 0) is 6.61 Å². The predicted octanol–water partition coefficient (Wildman–Crippen LogP) is 3.51. The highest BCUT2D eigenvalue weighted by molar-refractivity contribution is 9.10. The van der Waals surface area contributed by atoms with Crippen LogP contribution in [0.25, 0.3) is 0 Å². The van der Waals surface area contributed by atoms with Gasteiger partial charge in [-0.25, -0.2) is 0 Å². The topological polar surface area (TPSA) is 29.5 Å². The fraction of sp³-hybridized carbons (Fsp3) is 0.571. The second-order valence-electron chi connectivity index (χ2n) is 5.22. The number of aliphatic hydroxyl groups is 1. The molecule has 3 atom stereocenters. The molecule has 17 heavy (non-hydrogen) atoms. The molecular formula is C14H17BrO2. The van der Waals surface area contributed by atoms with E-state index in [1.54, 1.807) is 0 Å². The summed E-state index contributed by atoms with van der Waals surface area (Å²) < 4.78 is 7.11. The zero-order valence-electron chi connectivity index (χ0n) is 9.73. The lowest BCUT2D eigenvalue weighted by molar-refractivity contribution is 0.133. The van der Waals surface area contributed by atoms with Gasteiger partial charge in [-0.1, -0.05) is 12.1 Å². The van der Waals surface area contributed by atoms with Crippen LogP contribution in [0.4, 0.5) is 0 Å². The number of ether oxygens (including phenoxy) is 1. The Hall–Kier alpha value is -0.540. The molecule has 2 aliphatic carbocycles. The minimum atomic E-state index is 0.0373. The Morgan fingerprint density at radius 2 is 2.18 bits per heavy atom. The first kappa shape index (κ1) is 11.5. The Balaban J connectivity index is 1.81. The molecule has 0 radical (unpaired) electrons. The molecule has 3 rings (SSSR count). The predicted molar refractivity (Wildman–Crippen MR) is 69.9 cm³/mol. The molecule has 92 valence electrons. The van der Waals surface area contributed by atoms with Gasteiger partial charge >= 0.3 is 0 Å². The van der Waals surface area contributed by atoms with E-state index in [-0.39, 0.29) is 6.61 Å². The summed E-state index contributed by atoms with van der Waals surface area (Å²) in [6.07, 6.45) is 5.58. The second kappa shape index (κ2) is 4.62. The maximum atomic E-state index is 9.35. The second-order valence-corrected chi connectivity index (χ2v) is 6.07. The standard InChI is InChI=1S/C14H17BrO2/c15-12-3-1-2-11(8-16)14(12)17-13-7-9-4-5-10(13)6-9/h1-3,9-10,13,16H,4-8H2. The fourth-order valence-electron chi connectivity index (χ4n) is 3.29. The maximum Gasteiger partial charge on any atom is 0.139 e. The molecule has 3 heteroatoms. The van der Waals surface area contributed by atoms with E-state index in [0.717, 1.165) is 27.6 Å². The molecule has 0 spiro atoms. The number of benzene rings is 1. The van der Waals surface area contributed by atoms with E-state index in [1.807, 2.05) is 18.2 Å². The van der Waals surface area contributed by atoms with Gasteiger partial charge in [0.2, 0.25) is 0 Å². The summed E-state index contributed by atoms with van der Waals surface area (Å²) in [6.45, 7) is 0.0373. The normalized spacial score (nSPS) is 30.8. The van der Waals surface area contributed by atoms with Crippen molar-refractivity contribution >= 4 is 15.9 Å².